The van der Waals surface area contributed by atoms with Crippen LogP contribution >= 0.6 is 22.6 Å². The smallest absolute Gasteiger partial charge is 0.267 e. The Labute approximate surface area is 90.1 Å². The van der Waals surface area contributed by atoms with Gasteiger partial charge >= 0.3 is 0 Å². The van der Waals surface area contributed by atoms with Crippen LogP contribution in [0.2, 0.25) is 0 Å². The molecule has 0 aromatic carbocycles. The number of aryl methyl sites for hydroxylation is 1. The van der Waals surface area contributed by atoms with Crippen LogP contribution < -0.4 is 5.56 Å². The third-order valence-corrected chi connectivity index (χ3v) is 2.94. The average molecular weight is 294 g/mol. The number of nitrogens with zero attached hydrogens (tertiary/aromatic N) is 2. The second-order valence-electron chi connectivity index (χ2n) is 2.64. The van der Waals surface area contributed by atoms with Crippen molar-refractivity contribution >= 4 is 22.6 Å². The first-order valence-electron chi connectivity index (χ1n) is 3.87. The summed E-state index contributed by atoms with van der Waals surface area (Å²) in [5.41, 5.74) is 0.782. The number of hydrogen-bond acceptors (Lipinski definition) is 3. The summed E-state index contributed by atoms with van der Waals surface area (Å²) in [6, 6.07) is 0. The zero-order valence-electron chi connectivity index (χ0n) is 7.58. The molecule has 0 amide bonds. The van der Waals surface area contributed by atoms with Crippen molar-refractivity contribution in [2.24, 2.45) is 0 Å². The first-order chi connectivity index (χ1) is 6.16. The van der Waals surface area contributed by atoms with Gasteiger partial charge in [0.1, 0.15) is 0 Å². The van der Waals surface area contributed by atoms with Crippen molar-refractivity contribution in [3.05, 3.63) is 25.9 Å². The minimum Gasteiger partial charge on any atom is -0.383 e. The Balaban J connectivity index is 2.97. The van der Waals surface area contributed by atoms with Crippen LogP contribution in [0.3, 0.4) is 0 Å². The average Bonchev–Trinajstić information content (AvgIpc) is 2.13. The predicted molar refractivity (Wildman–Crippen MR) is 57.8 cm³/mol. The first kappa shape index (κ1) is 10.6. The molecule has 0 radical (unpaired) electrons. The van der Waals surface area contributed by atoms with Gasteiger partial charge in [-0.3, -0.25) is 9.36 Å². The second kappa shape index (κ2) is 4.71. The van der Waals surface area contributed by atoms with Crippen molar-refractivity contribution in [1.82, 2.24) is 9.55 Å². The monoisotopic (exact) mass is 294 g/mol. The SMILES string of the molecule is COCCn1cnc(C)c(I)c1=O. The summed E-state index contributed by atoms with van der Waals surface area (Å²) in [7, 11) is 1.61. The van der Waals surface area contributed by atoms with E-state index in [0.29, 0.717) is 16.7 Å². The van der Waals surface area contributed by atoms with Crippen molar-refractivity contribution in [2.45, 2.75) is 13.5 Å². The van der Waals surface area contributed by atoms with Crippen molar-refractivity contribution in [1.29, 1.82) is 0 Å². The maximum absolute atomic E-state index is 11.6. The maximum atomic E-state index is 11.6. The molecule has 0 saturated carbocycles. The predicted octanol–water partition coefficient (Wildman–Crippen LogP) is 0.803. The van der Waals surface area contributed by atoms with Crippen LogP contribution in [0, 0.1) is 10.5 Å². The molecule has 0 unspecified atom stereocenters. The van der Waals surface area contributed by atoms with Gasteiger partial charge in [-0.1, -0.05) is 0 Å². The Morgan fingerprint density at radius 3 is 3.00 bits per heavy atom. The Morgan fingerprint density at radius 1 is 1.69 bits per heavy atom. The molecule has 0 aliphatic carbocycles. The number of rotatable bonds is 3. The molecule has 72 valence electrons. The number of aromatic nitrogens is 2. The zero-order chi connectivity index (χ0) is 9.84. The molecule has 0 saturated heterocycles. The van der Waals surface area contributed by atoms with E-state index in [1.807, 2.05) is 29.5 Å². The van der Waals surface area contributed by atoms with E-state index >= 15 is 0 Å². The summed E-state index contributed by atoms with van der Waals surface area (Å²) in [6.45, 7) is 2.91. The molecule has 1 heterocycles. The summed E-state index contributed by atoms with van der Waals surface area (Å²) in [5, 5.41) is 0. The lowest BCUT2D eigenvalue weighted by atomic mass is 10.4. The summed E-state index contributed by atoms with van der Waals surface area (Å²) in [6.07, 6.45) is 1.55. The van der Waals surface area contributed by atoms with Gasteiger partial charge in [-0.05, 0) is 29.5 Å². The molecule has 0 aliphatic rings. The lowest BCUT2D eigenvalue weighted by Gasteiger charge is -2.05. The van der Waals surface area contributed by atoms with Crippen molar-refractivity contribution in [3.63, 3.8) is 0 Å². The molecule has 0 bridgehead atoms. The largest absolute Gasteiger partial charge is 0.383 e. The topological polar surface area (TPSA) is 44.1 Å². The molecule has 1 aromatic heterocycles. The Hall–Kier alpha value is -0.430. The van der Waals surface area contributed by atoms with Crippen LogP contribution in [0.25, 0.3) is 0 Å². The van der Waals surface area contributed by atoms with Crippen molar-refractivity contribution in [3.8, 4) is 0 Å². The summed E-state index contributed by atoms with van der Waals surface area (Å²) >= 11 is 2.01. The van der Waals surface area contributed by atoms with Gasteiger partial charge in [0, 0.05) is 7.11 Å². The third kappa shape index (κ3) is 2.50. The van der Waals surface area contributed by atoms with E-state index in [1.165, 1.54) is 0 Å². The molecular weight excluding hydrogens is 283 g/mol. The quantitative estimate of drug-likeness (QED) is 0.775. The zero-order valence-corrected chi connectivity index (χ0v) is 9.74. The summed E-state index contributed by atoms with van der Waals surface area (Å²) in [5.74, 6) is 0. The normalized spacial score (nSPS) is 10.4. The molecule has 4 nitrogen and oxygen atoms in total. The van der Waals surface area contributed by atoms with Gasteiger partial charge in [0.05, 0.1) is 28.7 Å². The molecular formula is C8H11IN2O2. The molecule has 0 spiro atoms. The summed E-state index contributed by atoms with van der Waals surface area (Å²) < 4.78 is 7.11. The lowest BCUT2D eigenvalue weighted by Crippen LogP contribution is -2.25. The molecule has 13 heavy (non-hydrogen) atoms. The van der Waals surface area contributed by atoms with Crippen LogP contribution in [-0.2, 0) is 11.3 Å². The van der Waals surface area contributed by atoms with Crippen LogP contribution in [0.4, 0.5) is 0 Å². The minimum absolute atomic E-state index is 0.00477. The Morgan fingerprint density at radius 2 is 2.38 bits per heavy atom. The number of ether oxygens (including phenoxy) is 1. The fourth-order valence-corrected chi connectivity index (χ4v) is 1.34. The lowest BCUT2D eigenvalue weighted by molar-refractivity contribution is 0.185. The van der Waals surface area contributed by atoms with E-state index < -0.39 is 0 Å². The fraction of sp³-hybridized carbons (Fsp3) is 0.500. The number of halogens is 1. The van der Waals surface area contributed by atoms with Crippen LogP contribution in [-0.4, -0.2) is 23.3 Å². The van der Waals surface area contributed by atoms with Gasteiger partial charge in [0.2, 0.25) is 0 Å². The second-order valence-corrected chi connectivity index (χ2v) is 3.71. The van der Waals surface area contributed by atoms with Gasteiger partial charge in [-0.2, -0.15) is 0 Å². The van der Waals surface area contributed by atoms with Crippen molar-refractivity contribution in [2.75, 3.05) is 13.7 Å². The number of methoxy groups -OCH3 is 1. The van der Waals surface area contributed by atoms with Gasteiger partial charge in [-0.15, -0.1) is 0 Å². The van der Waals surface area contributed by atoms with E-state index in [-0.39, 0.29) is 5.56 Å². The molecule has 0 N–H and O–H groups in total. The van der Waals surface area contributed by atoms with Gasteiger partial charge in [0.15, 0.2) is 0 Å². The highest BCUT2D eigenvalue weighted by atomic mass is 127. The Bertz CT molecular complexity index is 348. The number of hydrogen-bond donors (Lipinski definition) is 0. The highest BCUT2D eigenvalue weighted by molar-refractivity contribution is 14.1. The molecule has 0 aliphatic heterocycles. The standard InChI is InChI=1S/C8H11IN2O2/c1-6-7(9)8(12)11(5-10-6)3-4-13-2/h5H,3-4H2,1-2H3. The fourth-order valence-electron chi connectivity index (χ4n) is 0.895. The maximum Gasteiger partial charge on any atom is 0.267 e. The molecule has 1 aromatic rings. The van der Waals surface area contributed by atoms with E-state index in [1.54, 1.807) is 18.0 Å². The molecule has 0 atom stereocenters. The van der Waals surface area contributed by atoms with Gasteiger partial charge in [-0.25, -0.2) is 4.98 Å². The molecule has 5 heteroatoms. The highest BCUT2D eigenvalue weighted by Gasteiger charge is 2.03. The Kier molecular flexibility index (Phi) is 3.86. The van der Waals surface area contributed by atoms with Gasteiger partial charge in [0.25, 0.3) is 5.56 Å². The minimum atomic E-state index is 0.00477. The highest BCUT2D eigenvalue weighted by Crippen LogP contribution is 2.00. The van der Waals surface area contributed by atoms with Crippen LogP contribution in [0.1, 0.15) is 5.69 Å². The van der Waals surface area contributed by atoms with Crippen LogP contribution in [0.5, 0.6) is 0 Å². The van der Waals surface area contributed by atoms with Crippen molar-refractivity contribution < 1.29 is 4.74 Å². The van der Waals surface area contributed by atoms with E-state index in [2.05, 4.69) is 4.98 Å². The third-order valence-electron chi connectivity index (χ3n) is 1.69. The van der Waals surface area contributed by atoms with E-state index in [0.717, 1.165) is 5.69 Å². The molecule has 1 rings (SSSR count). The first-order valence-corrected chi connectivity index (χ1v) is 4.95. The molecule has 0 fully saturated rings. The van der Waals surface area contributed by atoms with Crippen LogP contribution in [0.15, 0.2) is 11.1 Å². The van der Waals surface area contributed by atoms with Gasteiger partial charge < -0.3 is 4.74 Å². The summed E-state index contributed by atoms with van der Waals surface area (Å²) in [4.78, 5) is 15.6. The van der Waals surface area contributed by atoms with E-state index in [9.17, 15) is 4.79 Å². The van der Waals surface area contributed by atoms with E-state index in [4.69, 9.17) is 4.74 Å².